The quantitative estimate of drug-likeness (QED) is 0.780. The van der Waals surface area contributed by atoms with Gasteiger partial charge in [-0.3, -0.25) is 9.69 Å². The van der Waals surface area contributed by atoms with Gasteiger partial charge in [-0.2, -0.15) is 0 Å². The molecule has 1 aromatic carbocycles. The Kier molecular flexibility index (Phi) is 5.58. The van der Waals surface area contributed by atoms with Crippen LogP contribution < -0.4 is 0 Å². The predicted molar refractivity (Wildman–Crippen MR) is 95.0 cm³/mol. The molecule has 1 aliphatic heterocycles. The second-order valence-electron chi connectivity index (χ2n) is 6.15. The van der Waals surface area contributed by atoms with E-state index in [1.54, 1.807) is 11.8 Å². The van der Waals surface area contributed by atoms with Gasteiger partial charge in [-0.1, -0.05) is 23.4 Å². The van der Waals surface area contributed by atoms with E-state index in [0.29, 0.717) is 5.75 Å². The smallest absolute Gasteiger partial charge is 0.233 e. The molecule has 0 unspecified atom stereocenters. The average Bonchev–Trinajstić information content (AvgIpc) is 2.99. The fourth-order valence-corrected chi connectivity index (χ4v) is 3.75. The summed E-state index contributed by atoms with van der Waals surface area (Å²) >= 11 is 1.63. The van der Waals surface area contributed by atoms with Crippen molar-refractivity contribution in [3.8, 4) is 0 Å². The van der Waals surface area contributed by atoms with E-state index in [2.05, 4.69) is 29.1 Å². The molecule has 0 saturated carbocycles. The molecule has 5 nitrogen and oxygen atoms in total. The minimum atomic E-state index is 0.221. The van der Waals surface area contributed by atoms with Gasteiger partial charge in [0.1, 0.15) is 0 Å². The first kappa shape index (κ1) is 17.0. The van der Waals surface area contributed by atoms with Gasteiger partial charge in [0.2, 0.25) is 5.91 Å². The number of hydrogen-bond acceptors (Lipinski definition) is 5. The van der Waals surface area contributed by atoms with Crippen molar-refractivity contribution in [3.05, 3.63) is 47.3 Å². The molecule has 1 aliphatic rings. The second-order valence-corrected chi connectivity index (χ2v) is 7.16. The lowest BCUT2D eigenvalue weighted by Gasteiger charge is -2.34. The number of hydrogen-bond donors (Lipinski definition) is 0. The summed E-state index contributed by atoms with van der Waals surface area (Å²) in [5, 5.41) is 3.92. The third-order valence-corrected chi connectivity index (χ3v) is 5.39. The number of benzene rings is 1. The summed E-state index contributed by atoms with van der Waals surface area (Å²) in [6, 6.07) is 10.2. The Hall–Kier alpha value is -1.79. The first-order chi connectivity index (χ1) is 11.6. The normalized spacial score (nSPS) is 15.7. The maximum Gasteiger partial charge on any atom is 0.233 e. The van der Waals surface area contributed by atoms with Crippen LogP contribution in [0, 0.1) is 13.8 Å². The lowest BCUT2D eigenvalue weighted by Crippen LogP contribution is -2.48. The number of nitrogens with zero attached hydrogens (tertiary/aromatic N) is 3. The highest BCUT2D eigenvalue weighted by molar-refractivity contribution is 8.00. The van der Waals surface area contributed by atoms with Crippen LogP contribution in [0.4, 0.5) is 0 Å². The Balaban J connectivity index is 1.44. The summed E-state index contributed by atoms with van der Waals surface area (Å²) in [4.78, 5) is 17.9. The monoisotopic (exact) mass is 345 g/mol. The van der Waals surface area contributed by atoms with Gasteiger partial charge in [0, 0.05) is 37.1 Å². The van der Waals surface area contributed by atoms with Crippen LogP contribution in [0.5, 0.6) is 0 Å². The van der Waals surface area contributed by atoms with Gasteiger partial charge in [-0.25, -0.2) is 0 Å². The summed E-state index contributed by atoms with van der Waals surface area (Å²) in [6.45, 7) is 8.08. The molecule has 128 valence electrons. The highest BCUT2D eigenvalue weighted by Gasteiger charge is 2.22. The van der Waals surface area contributed by atoms with E-state index in [4.69, 9.17) is 4.52 Å². The van der Waals surface area contributed by atoms with Crippen LogP contribution >= 0.6 is 11.8 Å². The molecular weight excluding hydrogens is 322 g/mol. The summed E-state index contributed by atoms with van der Waals surface area (Å²) < 4.78 is 5.26. The molecule has 0 atom stereocenters. The first-order valence-electron chi connectivity index (χ1n) is 8.22. The number of thioether (sulfide) groups is 1. The zero-order valence-electron chi connectivity index (χ0n) is 14.2. The van der Waals surface area contributed by atoms with Crippen molar-refractivity contribution in [1.29, 1.82) is 0 Å². The van der Waals surface area contributed by atoms with E-state index in [1.807, 2.05) is 30.0 Å². The molecule has 0 radical (unpaired) electrons. The van der Waals surface area contributed by atoms with Crippen LogP contribution in [0.15, 0.2) is 39.8 Å². The summed E-state index contributed by atoms with van der Waals surface area (Å²) in [5.41, 5.74) is 2.13. The maximum atomic E-state index is 12.4. The molecule has 24 heavy (non-hydrogen) atoms. The van der Waals surface area contributed by atoms with Gasteiger partial charge in [-0.15, -0.1) is 11.8 Å². The minimum Gasteiger partial charge on any atom is -0.360 e. The number of aryl methyl sites for hydroxylation is 2. The van der Waals surface area contributed by atoms with Crippen LogP contribution in [-0.2, 0) is 11.3 Å². The number of piperazine rings is 1. The third-order valence-electron chi connectivity index (χ3n) is 4.23. The van der Waals surface area contributed by atoms with Crippen LogP contribution in [0.2, 0.25) is 0 Å². The maximum absolute atomic E-state index is 12.4. The van der Waals surface area contributed by atoms with Crippen molar-refractivity contribution in [2.45, 2.75) is 25.3 Å². The van der Waals surface area contributed by atoms with Crippen LogP contribution in [0.3, 0.4) is 0 Å². The molecule has 1 fully saturated rings. The third kappa shape index (κ3) is 4.39. The van der Waals surface area contributed by atoms with Gasteiger partial charge in [0.15, 0.2) is 5.76 Å². The van der Waals surface area contributed by atoms with Crippen molar-refractivity contribution in [2.24, 2.45) is 0 Å². The summed E-state index contributed by atoms with van der Waals surface area (Å²) in [6.07, 6.45) is 0. The molecule has 1 amide bonds. The van der Waals surface area contributed by atoms with Gasteiger partial charge >= 0.3 is 0 Å². The molecule has 0 bridgehead atoms. The fraction of sp³-hybridized carbons (Fsp3) is 0.444. The lowest BCUT2D eigenvalue weighted by molar-refractivity contribution is -0.130. The topological polar surface area (TPSA) is 49.6 Å². The van der Waals surface area contributed by atoms with E-state index in [9.17, 15) is 4.79 Å². The molecule has 2 heterocycles. The average molecular weight is 345 g/mol. The number of carbonyl (C=O) groups is 1. The Morgan fingerprint density at radius 2 is 1.96 bits per heavy atom. The molecule has 2 aromatic rings. The van der Waals surface area contributed by atoms with Crippen molar-refractivity contribution in [2.75, 3.05) is 31.9 Å². The largest absolute Gasteiger partial charge is 0.360 e. The van der Waals surface area contributed by atoms with Gasteiger partial charge in [-0.05, 0) is 25.5 Å². The molecular formula is C18H23N3O2S. The Labute approximate surface area is 147 Å². The van der Waals surface area contributed by atoms with Crippen LogP contribution in [-0.4, -0.2) is 52.8 Å². The van der Waals surface area contributed by atoms with Crippen molar-refractivity contribution >= 4 is 17.7 Å². The minimum absolute atomic E-state index is 0.221. The standard InChI is InChI=1S/C18H23N3O2S/c1-14-5-3-4-6-17(14)24-13-18(22)21-9-7-20(8-10-21)12-16-11-15(2)19-23-16/h3-6,11H,7-10,12-13H2,1-2H3. The zero-order chi connectivity index (χ0) is 16.9. The van der Waals surface area contributed by atoms with Gasteiger partial charge in [0.25, 0.3) is 0 Å². The van der Waals surface area contributed by atoms with Gasteiger partial charge in [0.05, 0.1) is 18.0 Å². The molecule has 0 spiro atoms. The highest BCUT2D eigenvalue weighted by atomic mass is 32.2. The number of carbonyl (C=O) groups excluding carboxylic acids is 1. The molecule has 0 N–H and O–H groups in total. The molecule has 3 rings (SSSR count). The molecule has 1 saturated heterocycles. The van der Waals surface area contributed by atoms with Crippen molar-refractivity contribution < 1.29 is 9.32 Å². The predicted octanol–water partition coefficient (Wildman–Crippen LogP) is 2.73. The molecule has 1 aromatic heterocycles. The van der Waals surface area contributed by atoms with Crippen molar-refractivity contribution in [1.82, 2.24) is 15.0 Å². The number of amides is 1. The fourth-order valence-electron chi connectivity index (χ4n) is 2.82. The summed E-state index contributed by atoms with van der Waals surface area (Å²) in [5.74, 6) is 1.62. The van der Waals surface area contributed by atoms with Crippen LogP contribution in [0.25, 0.3) is 0 Å². The number of aromatic nitrogens is 1. The zero-order valence-corrected chi connectivity index (χ0v) is 15.0. The summed E-state index contributed by atoms with van der Waals surface area (Å²) in [7, 11) is 0. The van der Waals surface area contributed by atoms with E-state index < -0.39 is 0 Å². The van der Waals surface area contributed by atoms with Gasteiger partial charge < -0.3 is 9.42 Å². The first-order valence-corrected chi connectivity index (χ1v) is 9.21. The van der Waals surface area contributed by atoms with E-state index in [-0.39, 0.29) is 5.91 Å². The Morgan fingerprint density at radius 3 is 2.62 bits per heavy atom. The molecule has 0 aliphatic carbocycles. The van der Waals surface area contributed by atoms with E-state index >= 15 is 0 Å². The highest BCUT2D eigenvalue weighted by Crippen LogP contribution is 2.22. The molecule has 6 heteroatoms. The SMILES string of the molecule is Cc1cc(CN2CCN(C(=O)CSc3ccccc3C)CC2)on1. The lowest BCUT2D eigenvalue weighted by atomic mass is 10.2. The second kappa shape index (κ2) is 7.85. The van der Waals surface area contributed by atoms with Crippen LogP contribution in [0.1, 0.15) is 17.0 Å². The van der Waals surface area contributed by atoms with Crippen molar-refractivity contribution in [3.63, 3.8) is 0 Å². The number of rotatable bonds is 5. The Morgan fingerprint density at radius 1 is 1.21 bits per heavy atom. The van der Waals surface area contributed by atoms with E-state index in [1.165, 1.54) is 10.5 Å². The van der Waals surface area contributed by atoms with E-state index in [0.717, 1.165) is 44.2 Å². The Bertz CT molecular complexity index is 693.